The summed E-state index contributed by atoms with van der Waals surface area (Å²) in [4.78, 5) is 19.1. The second-order valence-corrected chi connectivity index (χ2v) is 7.93. The molecule has 1 heterocycles. The first-order valence-corrected chi connectivity index (χ1v) is 10.8. The number of nitrogens with zero attached hydrogens (tertiary/aromatic N) is 3. The third-order valence-electron chi connectivity index (χ3n) is 5.70. The van der Waals surface area contributed by atoms with Gasteiger partial charge in [0.1, 0.15) is 12.4 Å². The summed E-state index contributed by atoms with van der Waals surface area (Å²) in [5.41, 5.74) is 4.34. The summed E-state index contributed by atoms with van der Waals surface area (Å²) in [6.07, 6.45) is 0. The van der Waals surface area contributed by atoms with Crippen molar-refractivity contribution >= 4 is 17.4 Å². The molecule has 2 amide bonds. The van der Waals surface area contributed by atoms with Gasteiger partial charge >= 0.3 is 6.03 Å². The predicted octanol–water partition coefficient (Wildman–Crippen LogP) is 3.99. The van der Waals surface area contributed by atoms with Gasteiger partial charge in [-0.1, -0.05) is 24.6 Å². The van der Waals surface area contributed by atoms with Crippen LogP contribution in [0.3, 0.4) is 0 Å². The SMILES string of the molecule is CCN1CCN(c2ccc(NC(=O)N(C)CCOc3ccc(C)cc3)c(C)c2)CC1. The summed E-state index contributed by atoms with van der Waals surface area (Å²) in [5, 5.41) is 3.02. The Morgan fingerprint density at radius 3 is 2.40 bits per heavy atom. The molecular weight excluding hydrogens is 376 g/mol. The summed E-state index contributed by atoms with van der Waals surface area (Å²) in [7, 11) is 1.78. The lowest BCUT2D eigenvalue weighted by Crippen LogP contribution is -2.46. The average molecular weight is 411 g/mol. The van der Waals surface area contributed by atoms with Gasteiger partial charge in [0.15, 0.2) is 0 Å². The molecule has 0 aliphatic carbocycles. The van der Waals surface area contributed by atoms with Crippen LogP contribution in [-0.2, 0) is 0 Å². The molecule has 2 aromatic rings. The molecule has 1 aliphatic heterocycles. The van der Waals surface area contributed by atoms with E-state index in [0.717, 1.165) is 49.7 Å². The lowest BCUT2D eigenvalue weighted by atomic mass is 10.1. The van der Waals surface area contributed by atoms with Crippen molar-refractivity contribution in [2.45, 2.75) is 20.8 Å². The van der Waals surface area contributed by atoms with E-state index in [1.54, 1.807) is 11.9 Å². The van der Waals surface area contributed by atoms with Gasteiger partial charge in [-0.15, -0.1) is 0 Å². The number of hydrogen-bond acceptors (Lipinski definition) is 4. The number of urea groups is 1. The topological polar surface area (TPSA) is 48.0 Å². The minimum Gasteiger partial charge on any atom is -0.492 e. The molecule has 30 heavy (non-hydrogen) atoms. The van der Waals surface area contributed by atoms with Gasteiger partial charge in [-0.2, -0.15) is 0 Å². The molecule has 1 N–H and O–H groups in total. The van der Waals surface area contributed by atoms with Gasteiger partial charge in [0.05, 0.1) is 6.54 Å². The second-order valence-electron chi connectivity index (χ2n) is 7.93. The highest BCUT2D eigenvalue weighted by molar-refractivity contribution is 5.90. The third kappa shape index (κ3) is 5.89. The molecule has 0 atom stereocenters. The van der Waals surface area contributed by atoms with Gasteiger partial charge in [0.25, 0.3) is 0 Å². The zero-order valence-electron chi connectivity index (χ0n) is 18.6. The Balaban J connectivity index is 1.48. The quantitative estimate of drug-likeness (QED) is 0.750. The molecule has 0 radical (unpaired) electrons. The fourth-order valence-electron chi connectivity index (χ4n) is 3.55. The van der Waals surface area contributed by atoms with Crippen molar-refractivity contribution in [2.24, 2.45) is 0 Å². The van der Waals surface area contributed by atoms with E-state index >= 15 is 0 Å². The van der Waals surface area contributed by atoms with E-state index in [-0.39, 0.29) is 6.03 Å². The van der Waals surface area contributed by atoms with Crippen LogP contribution in [0.1, 0.15) is 18.1 Å². The number of nitrogens with one attached hydrogen (secondary N) is 1. The molecule has 3 rings (SSSR count). The number of amides is 2. The van der Waals surface area contributed by atoms with Crippen molar-refractivity contribution in [1.82, 2.24) is 9.80 Å². The fraction of sp³-hybridized carbons (Fsp3) is 0.458. The number of ether oxygens (including phenoxy) is 1. The van der Waals surface area contributed by atoms with Crippen molar-refractivity contribution in [2.75, 3.05) is 63.1 Å². The van der Waals surface area contributed by atoms with Gasteiger partial charge in [-0.25, -0.2) is 4.79 Å². The van der Waals surface area contributed by atoms with Gasteiger partial charge in [-0.3, -0.25) is 0 Å². The number of carbonyl (C=O) groups is 1. The maximum Gasteiger partial charge on any atom is 0.321 e. The van der Waals surface area contributed by atoms with Crippen LogP contribution < -0.4 is 15.0 Å². The molecule has 0 saturated carbocycles. The van der Waals surface area contributed by atoms with E-state index in [9.17, 15) is 4.79 Å². The standard InChI is InChI=1S/C24H34N4O2/c1-5-27-12-14-28(15-13-27)21-8-11-23(20(3)18-21)25-24(29)26(4)16-17-30-22-9-6-19(2)7-10-22/h6-11,18H,5,12-17H2,1-4H3,(H,25,29). The van der Waals surface area contributed by atoms with Crippen LogP contribution in [0, 0.1) is 13.8 Å². The number of hydrogen-bond donors (Lipinski definition) is 1. The van der Waals surface area contributed by atoms with E-state index in [1.165, 1.54) is 11.3 Å². The smallest absolute Gasteiger partial charge is 0.321 e. The van der Waals surface area contributed by atoms with Crippen LogP contribution in [0.2, 0.25) is 0 Å². The first-order valence-electron chi connectivity index (χ1n) is 10.8. The highest BCUT2D eigenvalue weighted by Gasteiger charge is 2.17. The molecule has 6 heteroatoms. The Hall–Kier alpha value is -2.73. The Morgan fingerprint density at radius 1 is 1.07 bits per heavy atom. The molecule has 162 valence electrons. The van der Waals surface area contributed by atoms with Crippen LogP contribution in [0.5, 0.6) is 5.75 Å². The van der Waals surface area contributed by atoms with Crippen molar-refractivity contribution < 1.29 is 9.53 Å². The maximum atomic E-state index is 12.6. The molecule has 0 bridgehead atoms. The maximum absolute atomic E-state index is 12.6. The van der Waals surface area contributed by atoms with E-state index in [0.29, 0.717) is 13.2 Å². The number of benzene rings is 2. The molecular formula is C24H34N4O2. The van der Waals surface area contributed by atoms with Crippen LogP contribution in [-0.4, -0.2) is 68.8 Å². The number of carbonyl (C=O) groups excluding carboxylic acids is 1. The number of rotatable bonds is 7. The minimum atomic E-state index is -0.130. The fourth-order valence-corrected chi connectivity index (χ4v) is 3.55. The number of anilines is 2. The van der Waals surface area contributed by atoms with Crippen LogP contribution in [0.15, 0.2) is 42.5 Å². The normalized spacial score (nSPS) is 14.5. The van der Waals surface area contributed by atoms with E-state index in [4.69, 9.17) is 4.74 Å². The van der Waals surface area contributed by atoms with Crippen LogP contribution in [0.4, 0.5) is 16.2 Å². The third-order valence-corrected chi connectivity index (χ3v) is 5.70. The lowest BCUT2D eigenvalue weighted by Gasteiger charge is -2.35. The van der Waals surface area contributed by atoms with Crippen molar-refractivity contribution in [3.8, 4) is 5.75 Å². The van der Waals surface area contributed by atoms with Crippen LogP contribution >= 0.6 is 0 Å². The van der Waals surface area contributed by atoms with Crippen molar-refractivity contribution in [1.29, 1.82) is 0 Å². The zero-order chi connectivity index (χ0) is 21.5. The molecule has 1 aliphatic rings. The highest BCUT2D eigenvalue weighted by Crippen LogP contribution is 2.24. The summed E-state index contributed by atoms with van der Waals surface area (Å²) in [6, 6.07) is 14.1. The van der Waals surface area contributed by atoms with Crippen molar-refractivity contribution in [3.63, 3.8) is 0 Å². The Bertz CT molecular complexity index is 830. The second kappa shape index (κ2) is 10.3. The summed E-state index contributed by atoms with van der Waals surface area (Å²) in [6.45, 7) is 12.7. The first kappa shape index (κ1) is 22.0. The number of aryl methyl sites for hydroxylation is 2. The monoisotopic (exact) mass is 410 g/mol. The molecule has 6 nitrogen and oxygen atoms in total. The van der Waals surface area contributed by atoms with Crippen LogP contribution in [0.25, 0.3) is 0 Å². The molecule has 2 aromatic carbocycles. The number of piperazine rings is 1. The molecule has 1 saturated heterocycles. The molecule has 0 unspecified atom stereocenters. The molecule has 0 aromatic heterocycles. The highest BCUT2D eigenvalue weighted by atomic mass is 16.5. The molecule has 1 fully saturated rings. The Morgan fingerprint density at radius 2 is 1.77 bits per heavy atom. The summed E-state index contributed by atoms with van der Waals surface area (Å²) >= 11 is 0. The van der Waals surface area contributed by atoms with E-state index in [2.05, 4.69) is 34.2 Å². The van der Waals surface area contributed by atoms with Crippen molar-refractivity contribution in [3.05, 3.63) is 53.6 Å². The molecule has 0 spiro atoms. The first-order chi connectivity index (χ1) is 14.5. The average Bonchev–Trinajstić information content (AvgIpc) is 2.76. The van der Waals surface area contributed by atoms with Gasteiger partial charge in [0.2, 0.25) is 0 Å². The summed E-state index contributed by atoms with van der Waals surface area (Å²) in [5.74, 6) is 0.820. The van der Waals surface area contributed by atoms with Gasteiger partial charge in [0, 0.05) is 44.6 Å². The Labute approximate surface area is 180 Å². The van der Waals surface area contributed by atoms with Gasteiger partial charge in [-0.05, 0) is 56.3 Å². The van der Waals surface area contributed by atoms with E-state index < -0.39 is 0 Å². The van der Waals surface area contributed by atoms with Gasteiger partial charge < -0.3 is 24.8 Å². The Kier molecular flexibility index (Phi) is 7.57. The zero-order valence-corrected chi connectivity index (χ0v) is 18.6. The predicted molar refractivity (Wildman–Crippen MR) is 124 cm³/mol. The largest absolute Gasteiger partial charge is 0.492 e. The minimum absolute atomic E-state index is 0.130. The summed E-state index contributed by atoms with van der Waals surface area (Å²) < 4.78 is 5.72. The number of likely N-dealkylation sites (N-methyl/N-ethyl adjacent to an activating group) is 2. The van der Waals surface area contributed by atoms with E-state index in [1.807, 2.05) is 44.2 Å². The lowest BCUT2D eigenvalue weighted by molar-refractivity contribution is 0.207.